The van der Waals surface area contributed by atoms with Crippen LogP contribution in [0.25, 0.3) is 11.0 Å². The number of hydrogen-bond donors (Lipinski definition) is 1. The molecule has 0 amide bonds. The molecular weight excluding hydrogens is 197 g/mol. The zero-order valence-corrected chi connectivity index (χ0v) is 8.21. The number of likely N-dealkylation sites (N-methyl/N-ethyl adjacent to an activating group) is 1. The lowest BCUT2D eigenvalue weighted by molar-refractivity contribution is 0.0994. The maximum absolute atomic E-state index is 13.2. The van der Waals surface area contributed by atoms with E-state index in [0.717, 1.165) is 0 Å². The number of carbonyl (C=O) groups is 1. The Bertz CT molecular complexity index is 504. The van der Waals surface area contributed by atoms with Crippen molar-refractivity contribution in [3.8, 4) is 0 Å². The number of carbonyl (C=O) groups excluding carboxylic acids is 1. The fourth-order valence-electron chi connectivity index (χ4n) is 1.51. The highest BCUT2D eigenvalue weighted by molar-refractivity contribution is 6.07. The molecule has 0 saturated carbocycles. The van der Waals surface area contributed by atoms with Crippen molar-refractivity contribution < 1.29 is 13.6 Å². The molecule has 0 aliphatic rings. The first-order valence-electron chi connectivity index (χ1n) is 4.57. The molecule has 1 N–H and O–H groups in total. The van der Waals surface area contributed by atoms with E-state index in [1.807, 2.05) is 0 Å². The summed E-state index contributed by atoms with van der Waals surface area (Å²) in [4.78, 5) is 11.6. The second-order valence-corrected chi connectivity index (χ2v) is 3.25. The van der Waals surface area contributed by atoms with Crippen LogP contribution < -0.4 is 5.32 Å². The quantitative estimate of drug-likeness (QED) is 0.782. The predicted molar refractivity (Wildman–Crippen MR) is 54.4 cm³/mol. The second kappa shape index (κ2) is 3.82. The zero-order chi connectivity index (χ0) is 10.8. The largest absolute Gasteiger partial charge is 0.464 e. The number of halogens is 1. The van der Waals surface area contributed by atoms with E-state index in [9.17, 15) is 9.18 Å². The van der Waals surface area contributed by atoms with Gasteiger partial charge >= 0.3 is 0 Å². The second-order valence-electron chi connectivity index (χ2n) is 3.25. The Kier molecular flexibility index (Phi) is 2.51. The molecule has 0 unspecified atom stereocenters. The average Bonchev–Trinajstić information content (AvgIpc) is 2.64. The van der Waals surface area contributed by atoms with E-state index in [1.54, 1.807) is 13.1 Å². The Hall–Kier alpha value is -1.68. The van der Waals surface area contributed by atoms with E-state index in [2.05, 4.69) is 5.32 Å². The van der Waals surface area contributed by atoms with Gasteiger partial charge in [0.1, 0.15) is 11.4 Å². The third-order valence-corrected chi connectivity index (χ3v) is 2.15. The van der Waals surface area contributed by atoms with Crippen molar-refractivity contribution in [1.82, 2.24) is 5.32 Å². The Morgan fingerprint density at radius 2 is 2.33 bits per heavy atom. The molecule has 0 aliphatic carbocycles. The van der Waals surface area contributed by atoms with Crippen molar-refractivity contribution >= 4 is 16.8 Å². The van der Waals surface area contributed by atoms with Crippen LogP contribution in [0.2, 0.25) is 0 Å². The number of fused-ring (bicyclic) bond motifs is 1. The van der Waals surface area contributed by atoms with Crippen molar-refractivity contribution in [2.45, 2.75) is 0 Å². The van der Waals surface area contributed by atoms with Crippen LogP contribution in [-0.4, -0.2) is 19.4 Å². The Labute approximate surface area is 85.9 Å². The number of rotatable bonds is 3. The first-order chi connectivity index (χ1) is 7.22. The molecule has 0 fully saturated rings. The summed E-state index contributed by atoms with van der Waals surface area (Å²) in [6.45, 7) is 0.166. The van der Waals surface area contributed by atoms with Gasteiger partial charge in [0.15, 0.2) is 5.78 Å². The molecule has 2 rings (SSSR count). The van der Waals surface area contributed by atoms with Gasteiger partial charge in [-0.25, -0.2) is 4.39 Å². The minimum atomic E-state index is -0.427. The molecule has 0 bridgehead atoms. The van der Waals surface area contributed by atoms with E-state index >= 15 is 0 Å². The Balaban J connectivity index is 2.57. The van der Waals surface area contributed by atoms with E-state index < -0.39 is 5.82 Å². The molecule has 1 aromatic heterocycles. The summed E-state index contributed by atoms with van der Waals surface area (Å²) in [6.07, 6.45) is 1.44. The number of nitrogens with one attached hydrogen (secondary N) is 1. The predicted octanol–water partition coefficient (Wildman–Crippen LogP) is 1.97. The number of ketones is 1. The minimum absolute atomic E-state index is 0.166. The highest BCUT2D eigenvalue weighted by Crippen LogP contribution is 2.22. The van der Waals surface area contributed by atoms with Crippen molar-refractivity contribution in [2.24, 2.45) is 0 Å². The third kappa shape index (κ3) is 1.76. The summed E-state index contributed by atoms with van der Waals surface area (Å²) in [5.74, 6) is -0.611. The fraction of sp³-hybridized carbons (Fsp3) is 0.182. The Morgan fingerprint density at radius 3 is 3.07 bits per heavy atom. The van der Waals surface area contributed by atoms with E-state index in [0.29, 0.717) is 11.0 Å². The summed E-state index contributed by atoms with van der Waals surface area (Å²) in [5, 5.41) is 3.33. The topological polar surface area (TPSA) is 42.2 Å². The van der Waals surface area contributed by atoms with Gasteiger partial charge in [-0.05, 0) is 25.2 Å². The number of hydrogen-bond acceptors (Lipinski definition) is 3. The summed E-state index contributed by atoms with van der Waals surface area (Å²) in [6, 6.07) is 4.18. The van der Waals surface area contributed by atoms with Gasteiger partial charge < -0.3 is 9.73 Å². The summed E-state index contributed by atoms with van der Waals surface area (Å²) < 4.78 is 18.3. The number of benzene rings is 1. The number of Topliss-reactive ketones (excluding diaryl/α,β-unsaturated/α-hetero) is 1. The van der Waals surface area contributed by atoms with Crippen molar-refractivity contribution in [3.63, 3.8) is 0 Å². The van der Waals surface area contributed by atoms with E-state index in [4.69, 9.17) is 4.42 Å². The molecule has 1 heterocycles. The maximum Gasteiger partial charge on any atom is 0.180 e. The van der Waals surface area contributed by atoms with Gasteiger partial charge in [0.25, 0.3) is 0 Å². The van der Waals surface area contributed by atoms with Crippen molar-refractivity contribution in [3.05, 3.63) is 35.8 Å². The van der Waals surface area contributed by atoms with Crippen molar-refractivity contribution in [1.29, 1.82) is 0 Å². The van der Waals surface area contributed by atoms with Crippen molar-refractivity contribution in [2.75, 3.05) is 13.6 Å². The lowest BCUT2D eigenvalue weighted by atomic mass is 10.1. The van der Waals surface area contributed by atoms with Crippen LogP contribution in [0.4, 0.5) is 4.39 Å². The Morgan fingerprint density at radius 1 is 1.53 bits per heavy atom. The van der Waals surface area contributed by atoms with Gasteiger partial charge in [-0.15, -0.1) is 0 Å². The molecule has 0 aliphatic heterocycles. The summed E-state index contributed by atoms with van der Waals surface area (Å²) >= 11 is 0. The number of furan rings is 1. The highest BCUT2D eigenvalue weighted by atomic mass is 19.1. The van der Waals surface area contributed by atoms with Crippen LogP contribution >= 0.6 is 0 Å². The molecule has 0 radical (unpaired) electrons. The SMILES string of the molecule is CNCC(=O)c1cc(F)cc2ccoc12. The van der Waals surface area contributed by atoms with Gasteiger partial charge in [0.2, 0.25) is 0 Å². The van der Waals surface area contributed by atoms with Crippen LogP contribution in [-0.2, 0) is 0 Å². The van der Waals surface area contributed by atoms with Crippen LogP contribution in [0, 0.1) is 5.82 Å². The van der Waals surface area contributed by atoms with E-state index in [-0.39, 0.29) is 17.9 Å². The first kappa shape index (κ1) is 9.86. The van der Waals surface area contributed by atoms with Gasteiger partial charge in [-0.2, -0.15) is 0 Å². The molecule has 3 nitrogen and oxygen atoms in total. The van der Waals surface area contributed by atoms with Crippen LogP contribution in [0.1, 0.15) is 10.4 Å². The maximum atomic E-state index is 13.2. The summed E-state index contributed by atoms with van der Waals surface area (Å²) in [5.41, 5.74) is 0.723. The molecular formula is C11H10FNO2. The minimum Gasteiger partial charge on any atom is -0.464 e. The normalized spacial score (nSPS) is 10.8. The molecule has 0 spiro atoms. The van der Waals surface area contributed by atoms with E-state index in [1.165, 1.54) is 18.4 Å². The van der Waals surface area contributed by atoms with Gasteiger partial charge in [-0.1, -0.05) is 0 Å². The van der Waals surface area contributed by atoms with Crippen LogP contribution in [0.5, 0.6) is 0 Å². The van der Waals surface area contributed by atoms with Gasteiger partial charge in [-0.3, -0.25) is 4.79 Å². The molecule has 78 valence electrons. The van der Waals surface area contributed by atoms with Gasteiger partial charge in [0.05, 0.1) is 18.4 Å². The molecule has 0 atom stereocenters. The van der Waals surface area contributed by atoms with Gasteiger partial charge in [0, 0.05) is 5.39 Å². The molecule has 4 heteroatoms. The molecule has 1 aromatic carbocycles. The monoisotopic (exact) mass is 207 g/mol. The zero-order valence-electron chi connectivity index (χ0n) is 8.21. The average molecular weight is 207 g/mol. The smallest absolute Gasteiger partial charge is 0.180 e. The molecule has 2 aromatic rings. The van der Waals surface area contributed by atoms with Crippen LogP contribution in [0.3, 0.4) is 0 Å². The first-order valence-corrected chi connectivity index (χ1v) is 4.57. The molecule has 15 heavy (non-hydrogen) atoms. The lowest BCUT2D eigenvalue weighted by Gasteiger charge is -2.01. The highest BCUT2D eigenvalue weighted by Gasteiger charge is 2.13. The fourth-order valence-corrected chi connectivity index (χ4v) is 1.51. The third-order valence-electron chi connectivity index (χ3n) is 2.15. The van der Waals surface area contributed by atoms with Crippen LogP contribution in [0.15, 0.2) is 28.9 Å². The lowest BCUT2D eigenvalue weighted by Crippen LogP contribution is -2.18. The standard InChI is InChI=1S/C11H10FNO2/c1-13-6-10(14)9-5-8(12)4-7-2-3-15-11(7)9/h2-5,13H,6H2,1H3. The molecule has 0 saturated heterocycles. The summed E-state index contributed by atoms with van der Waals surface area (Å²) in [7, 11) is 1.66.